The maximum absolute atomic E-state index is 4.27. The number of piperazine rings is 1. The zero-order chi connectivity index (χ0) is 7.23. The molecule has 0 unspecified atom stereocenters. The summed E-state index contributed by atoms with van der Waals surface area (Å²) in [5, 5.41) is 4.27. The van der Waals surface area contributed by atoms with Crippen LogP contribution in [0.4, 0.5) is 0 Å². The third-order valence-corrected chi connectivity index (χ3v) is 1.75. The predicted octanol–water partition coefficient (Wildman–Crippen LogP) is 0.482. The lowest BCUT2D eigenvalue weighted by Crippen LogP contribution is -2.40. The van der Waals surface area contributed by atoms with Crippen LogP contribution in [0.5, 0.6) is 0 Å². The van der Waals surface area contributed by atoms with E-state index in [4.69, 9.17) is 0 Å². The van der Waals surface area contributed by atoms with Crippen LogP contribution in [0.1, 0.15) is 6.92 Å². The smallest absolute Gasteiger partial charge is 0.0261 e. The van der Waals surface area contributed by atoms with Crippen LogP contribution in [0.15, 0.2) is 12.2 Å². The zero-order valence-electron chi connectivity index (χ0n) is 6.58. The van der Waals surface area contributed by atoms with Gasteiger partial charge in [0.05, 0.1) is 0 Å². The van der Waals surface area contributed by atoms with Gasteiger partial charge in [-0.25, -0.2) is 5.32 Å². The fourth-order valence-electron chi connectivity index (χ4n) is 1.08. The molecule has 1 heterocycles. The largest absolute Gasteiger partial charge is 0.297 e. The van der Waals surface area contributed by atoms with Gasteiger partial charge in [0, 0.05) is 32.7 Å². The van der Waals surface area contributed by atoms with Gasteiger partial charge >= 0.3 is 0 Å². The van der Waals surface area contributed by atoms with E-state index in [1.165, 1.54) is 0 Å². The number of hydrogen-bond acceptors (Lipinski definition) is 1. The minimum absolute atomic E-state index is 1.03. The van der Waals surface area contributed by atoms with E-state index in [2.05, 4.69) is 29.3 Å². The molecule has 57 valence electrons. The maximum Gasteiger partial charge on any atom is 0.0261 e. The Morgan fingerprint density at radius 2 is 2.10 bits per heavy atom. The van der Waals surface area contributed by atoms with E-state index >= 15 is 0 Å². The van der Waals surface area contributed by atoms with Crippen molar-refractivity contribution in [3.8, 4) is 0 Å². The summed E-state index contributed by atoms with van der Waals surface area (Å²) in [6.45, 7) is 7.50. The minimum Gasteiger partial charge on any atom is -0.297 e. The first-order valence-corrected chi connectivity index (χ1v) is 3.90. The fraction of sp³-hybridized carbons (Fsp3) is 0.750. The molecule has 10 heavy (non-hydrogen) atoms. The van der Waals surface area contributed by atoms with E-state index in [0.717, 1.165) is 32.7 Å². The molecule has 0 aromatic carbocycles. The van der Waals surface area contributed by atoms with Crippen LogP contribution in [0.3, 0.4) is 0 Å². The molecule has 0 N–H and O–H groups in total. The Balaban J connectivity index is 2.13. The summed E-state index contributed by atoms with van der Waals surface area (Å²) in [5.41, 5.74) is 0. The second-order valence-corrected chi connectivity index (χ2v) is 2.54. The lowest BCUT2D eigenvalue weighted by molar-refractivity contribution is 0.262. The Hall–Kier alpha value is -0.340. The second kappa shape index (κ2) is 4.47. The topological polar surface area (TPSA) is 17.3 Å². The summed E-state index contributed by atoms with van der Waals surface area (Å²) < 4.78 is 0. The van der Waals surface area contributed by atoms with Crippen molar-refractivity contribution in [1.82, 2.24) is 10.2 Å². The van der Waals surface area contributed by atoms with Gasteiger partial charge in [-0.2, -0.15) is 0 Å². The Kier molecular flexibility index (Phi) is 3.47. The van der Waals surface area contributed by atoms with Gasteiger partial charge in [-0.1, -0.05) is 12.2 Å². The Morgan fingerprint density at radius 1 is 1.40 bits per heavy atom. The summed E-state index contributed by atoms with van der Waals surface area (Å²) in [5.74, 6) is 0. The van der Waals surface area contributed by atoms with E-state index in [1.807, 2.05) is 0 Å². The predicted molar refractivity (Wildman–Crippen MR) is 43.1 cm³/mol. The van der Waals surface area contributed by atoms with Gasteiger partial charge in [0.25, 0.3) is 0 Å². The third-order valence-electron chi connectivity index (χ3n) is 1.75. The molecule has 2 heteroatoms. The fourth-order valence-corrected chi connectivity index (χ4v) is 1.08. The molecule has 1 rings (SSSR count). The second-order valence-electron chi connectivity index (χ2n) is 2.54. The van der Waals surface area contributed by atoms with Crippen LogP contribution >= 0.6 is 0 Å². The van der Waals surface area contributed by atoms with Gasteiger partial charge in [0.1, 0.15) is 0 Å². The van der Waals surface area contributed by atoms with Gasteiger partial charge in [0.15, 0.2) is 0 Å². The highest BCUT2D eigenvalue weighted by Gasteiger charge is 2.06. The van der Waals surface area contributed by atoms with E-state index in [1.54, 1.807) is 0 Å². The quantitative estimate of drug-likeness (QED) is 0.509. The van der Waals surface area contributed by atoms with Crippen molar-refractivity contribution >= 4 is 0 Å². The first-order chi connectivity index (χ1) is 4.93. The first kappa shape index (κ1) is 7.76. The maximum atomic E-state index is 4.27. The van der Waals surface area contributed by atoms with Crippen molar-refractivity contribution in [1.29, 1.82) is 0 Å². The van der Waals surface area contributed by atoms with Gasteiger partial charge in [-0.05, 0) is 6.92 Å². The van der Waals surface area contributed by atoms with Crippen molar-refractivity contribution in [2.45, 2.75) is 6.92 Å². The van der Waals surface area contributed by atoms with Gasteiger partial charge in [0.2, 0.25) is 0 Å². The molecule has 0 atom stereocenters. The monoisotopic (exact) mass is 139 g/mol. The van der Waals surface area contributed by atoms with Crippen molar-refractivity contribution in [3.05, 3.63) is 12.2 Å². The molecule has 0 spiro atoms. The van der Waals surface area contributed by atoms with Crippen LogP contribution in [0.25, 0.3) is 0 Å². The summed E-state index contributed by atoms with van der Waals surface area (Å²) in [7, 11) is 0. The molecule has 2 nitrogen and oxygen atoms in total. The molecule has 0 aromatic heterocycles. The summed E-state index contributed by atoms with van der Waals surface area (Å²) in [4.78, 5) is 2.42. The molecule has 1 aliphatic heterocycles. The number of nitrogens with zero attached hydrogens (tertiary/aromatic N) is 2. The standard InChI is InChI=1S/C8H15N2/c1-2-3-6-10-7-4-9-5-8-10/h2-3H,4-8H2,1H3. The molecular weight excluding hydrogens is 124 g/mol. The van der Waals surface area contributed by atoms with Gasteiger partial charge in [-0.15, -0.1) is 0 Å². The van der Waals surface area contributed by atoms with E-state index in [-0.39, 0.29) is 0 Å². The molecule has 1 fully saturated rings. The highest BCUT2D eigenvalue weighted by Crippen LogP contribution is 1.92. The van der Waals surface area contributed by atoms with Crippen LogP contribution in [-0.2, 0) is 0 Å². The molecule has 1 radical (unpaired) electrons. The molecule has 0 saturated carbocycles. The lowest BCUT2D eigenvalue weighted by atomic mass is 10.3. The SMILES string of the molecule is CC=CCN1CC[N]CC1. The first-order valence-electron chi connectivity index (χ1n) is 3.90. The molecule has 1 aliphatic rings. The molecular formula is C8H15N2. The molecule has 0 aromatic rings. The lowest BCUT2D eigenvalue weighted by Gasteiger charge is -2.24. The van der Waals surface area contributed by atoms with E-state index < -0.39 is 0 Å². The summed E-state index contributed by atoms with van der Waals surface area (Å²) >= 11 is 0. The minimum atomic E-state index is 1.03. The molecule has 1 saturated heterocycles. The van der Waals surface area contributed by atoms with Crippen molar-refractivity contribution in [3.63, 3.8) is 0 Å². The average molecular weight is 139 g/mol. The molecule has 0 aliphatic carbocycles. The van der Waals surface area contributed by atoms with Crippen LogP contribution in [0.2, 0.25) is 0 Å². The third kappa shape index (κ3) is 2.50. The zero-order valence-corrected chi connectivity index (χ0v) is 6.58. The van der Waals surface area contributed by atoms with Gasteiger partial charge < -0.3 is 0 Å². The molecule has 0 amide bonds. The van der Waals surface area contributed by atoms with Crippen LogP contribution < -0.4 is 5.32 Å². The summed E-state index contributed by atoms with van der Waals surface area (Å²) in [6, 6.07) is 0. The van der Waals surface area contributed by atoms with E-state index in [9.17, 15) is 0 Å². The van der Waals surface area contributed by atoms with E-state index in [0.29, 0.717) is 0 Å². The number of rotatable bonds is 2. The van der Waals surface area contributed by atoms with Crippen molar-refractivity contribution in [2.24, 2.45) is 0 Å². The Labute approximate surface area is 62.9 Å². The molecule has 0 bridgehead atoms. The highest BCUT2D eigenvalue weighted by atomic mass is 15.2. The average Bonchev–Trinajstić information content (AvgIpc) is 2.03. The summed E-state index contributed by atoms with van der Waals surface area (Å²) in [6.07, 6.45) is 4.30. The Bertz CT molecular complexity index is 104. The highest BCUT2D eigenvalue weighted by molar-refractivity contribution is 4.82. The number of hydrogen-bond donors (Lipinski definition) is 0. The van der Waals surface area contributed by atoms with Crippen LogP contribution in [-0.4, -0.2) is 37.6 Å². The van der Waals surface area contributed by atoms with Crippen molar-refractivity contribution in [2.75, 3.05) is 32.7 Å². The van der Waals surface area contributed by atoms with Gasteiger partial charge in [-0.3, -0.25) is 4.90 Å². The normalized spacial score (nSPS) is 22.1. The van der Waals surface area contributed by atoms with Crippen molar-refractivity contribution < 1.29 is 0 Å². The number of allylic oxidation sites excluding steroid dienone is 1. The Morgan fingerprint density at radius 3 is 2.70 bits per heavy atom. The van der Waals surface area contributed by atoms with Crippen LogP contribution in [0, 0.1) is 0 Å².